The fourth-order valence-corrected chi connectivity index (χ4v) is 2.97. The first-order valence-corrected chi connectivity index (χ1v) is 8.08. The fourth-order valence-electron chi connectivity index (χ4n) is 2.97. The summed E-state index contributed by atoms with van der Waals surface area (Å²) in [6.45, 7) is 2.30. The molecular weight excluding hydrogens is 290 g/mol. The molecule has 6 nitrogen and oxygen atoms in total. The Morgan fingerprint density at radius 3 is 2.70 bits per heavy atom. The SMILES string of the molecule is CN(Cc1nccn1C)c1ncccc1C(=O)N1CCCCC1. The Morgan fingerprint density at radius 1 is 1.22 bits per heavy atom. The van der Waals surface area contributed by atoms with Crippen LogP contribution < -0.4 is 4.90 Å². The molecule has 0 aromatic carbocycles. The van der Waals surface area contributed by atoms with Crippen molar-refractivity contribution in [3.63, 3.8) is 0 Å². The molecule has 2 aromatic rings. The number of hydrogen-bond acceptors (Lipinski definition) is 4. The number of carbonyl (C=O) groups excluding carboxylic acids is 1. The van der Waals surface area contributed by atoms with Gasteiger partial charge in [0.2, 0.25) is 0 Å². The van der Waals surface area contributed by atoms with Crippen LogP contribution in [-0.4, -0.2) is 45.5 Å². The molecule has 0 aliphatic carbocycles. The lowest BCUT2D eigenvalue weighted by molar-refractivity contribution is 0.0724. The van der Waals surface area contributed by atoms with Crippen LogP contribution >= 0.6 is 0 Å². The molecule has 6 heteroatoms. The van der Waals surface area contributed by atoms with Crippen LogP contribution in [0.4, 0.5) is 5.82 Å². The zero-order valence-electron chi connectivity index (χ0n) is 13.8. The van der Waals surface area contributed by atoms with Crippen molar-refractivity contribution in [2.75, 3.05) is 25.0 Å². The van der Waals surface area contributed by atoms with Crippen LogP contribution in [0.25, 0.3) is 0 Å². The first kappa shape index (κ1) is 15.5. The number of piperidine rings is 1. The maximum absolute atomic E-state index is 12.8. The number of likely N-dealkylation sites (tertiary alicyclic amines) is 1. The van der Waals surface area contributed by atoms with E-state index < -0.39 is 0 Å². The summed E-state index contributed by atoms with van der Waals surface area (Å²) in [5.41, 5.74) is 0.672. The molecule has 0 bridgehead atoms. The van der Waals surface area contributed by atoms with E-state index in [1.807, 2.05) is 46.8 Å². The van der Waals surface area contributed by atoms with Crippen molar-refractivity contribution in [3.05, 3.63) is 42.1 Å². The van der Waals surface area contributed by atoms with E-state index >= 15 is 0 Å². The van der Waals surface area contributed by atoms with E-state index in [0.29, 0.717) is 17.9 Å². The zero-order valence-corrected chi connectivity index (χ0v) is 13.8. The van der Waals surface area contributed by atoms with Gasteiger partial charge in [0.05, 0.1) is 12.1 Å². The van der Waals surface area contributed by atoms with E-state index in [1.165, 1.54) is 6.42 Å². The molecule has 23 heavy (non-hydrogen) atoms. The van der Waals surface area contributed by atoms with Crippen molar-refractivity contribution in [2.24, 2.45) is 7.05 Å². The predicted molar refractivity (Wildman–Crippen MR) is 89.3 cm³/mol. The molecule has 1 aliphatic rings. The van der Waals surface area contributed by atoms with Crippen LogP contribution in [0.1, 0.15) is 35.4 Å². The average Bonchev–Trinajstić information content (AvgIpc) is 3.00. The molecule has 1 amide bonds. The van der Waals surface area contributed by atoms with Gasteiger partial charge in [-0.1, -0.05) is 0 Å². The van der Waals surface area contributed by atoms with Crippen LogP contribution in [0, 0.1) is 0 Å². The van der Waals surface area contributed by atoms with Crippen molar-refractivity contribution >= 4 is 11.7 Å². The molecule has 1 aliphatic heterocycles. The third-order valence-corrected chi connectivity index (χ3v) is 4.32. The number of aromatic nitrogens is 3. The Kier molecular flexibility index (Phi) is 4.60. The van der Waals surface area contributed by atoms with Crippen LogP contribution in [0.3, 0.4) is 0 Å². The summed E-state index contributed by atoms with van der Waals surface area (Å²) in [6.07, 6.45) is 8.82. The minimum atomic E-state index is 0.0829. The third kappa shape index (κ3) is 3.36. The van der Waals surface area contributed by atoms with E-state index in [2.05, 4.69) is 9.97 Å². The Balaban J connectivity index is 1.82. The standard InChI is InChI=1S/C17H23N5O/c1-20-12-9-18-15(20)13-21(2)16-14(7-6-8-19-16)17(23)22-10-4-3-5-11-22/h6-9,12H,3-5,10-11,13H2,1-2H3. The number of aryl methyl sites for hydroxylation is 1. The van der Waals surface area contributed by atoms with Gasteiger partial charge in [-0.15, -0.1) is 0 Å². The van der Waals surface area contributed by atoms with Gasteiger partial charge < -0.3 is 14.4 Å². The van der Waals surface area contributed by atoms with E-state index in [1.54, 1.807) is 12.4 Å². The molecule has 0 saturated carbocycles. The fraction of sp³-hybridized carbons (Fsp3) is 0.471. The van der Waals surface area contributed by atoms with Crippen LogP contribution in [-0.2, 0) is 13.6 Å². The molecule has 0 spiro atoms. The van der Waals surface area contributed by atoms with Crippen LogP contribution in [0.15, 0.2) is 30.7 Å². The van der Waals surface area contributed by atoms with Crippen molar-refractivity contribution < 1.29 is 4.79 Å². The molecular formula is C17H23N5O. The molecule has 0 radical (unpaired) electrons. The highest BCUT2D eigenvalue weighted by atomic mass is 16.2. The highest BCUT2D eigenvalue weighted by Gasteiger charge is 2.23. The van der Waals surface area contributed by atoms with Gasteiger partial charge in [-0.25, -0.2) is 9.97 Å². The van der Waals surface area contributed by atoms with Gasteiger partial charge in [0.1, 0.15) is 11.6 Å². The van der Waals surface area contributed by atoms with E-state index in [9.17, 15) is 4.79 Å². The van der Waals surface area contributed by atoms with Crippen molar-refractivity contribution in [1.29, 1.82) is 0 Å². The monoisotopic (exact) mass is 313 g/mol. The maximum atomic E-state index is 12.8. The second-order valence-electron chi connectivity index (χ2n) is 6.04. The Bertz CT molecular complexity index is 675. The molecule has 1 fully saturated rings. The smallest absolute Gasteiger partial charge is 0.257 e. The Labute approximate surface area is 136 Å². The zero-order chi connectivity index (χ0) is 16.2. The molecule has 122 valence electrons. The second kappa shape index (κ2) is 6.81. The maximum Gasteiger partial charge on any atom is 0.257 e. The summed E-state index contributed by atoms with van der Waals surface area (Å²) in [7, 11) is 3.92. The summed E-state index contributed by atoms with van der Waals surface area (Å²) in [5, 5.41) is 0. The summed E-state index contributed by atoms with van der Waals surface area (Å²) >= 11 is 0. The van der Waals surface area contributed by atoms with Gasteiger partial charge >= 0.3 is 0 Å². The second-order valence-corrected chi connectivity index (χ2v) is 6.04. The summed E-state index contributed by atoms with van der Waals surface area (Å²) in [5.74, 6) is 1.74. The molecule has 0 unspecified atom stereocenters. The minimum absolute atomic E-state index is 0.0829. The number of anilines is 1. The minimum Gasteiger partial charge on any atom is -0.352 e. The first-order valence-electron chi connectivity index (χ1n) is 8.08. The van der Waals surface area contributed by atoms with Gasteiger partial charge in [-0.3, -0.25) is 4.79 Å². The largest absolute Gasteiger partial charge is 0.352 e. The normalized spacial score (nSPS) is 14.8. The number of imidazole rings is 1. The van der Waals surface area contributed by atoms with Crippen molar-refractivity contribution in [3.8, 4) is 0 Å². The molecule has 0 atom stereocenters. The predicted octanol–water partition coefficient (Wildman–Crippen LogP) is 2.08. The van der Waals surface area contributed by atoms with Gasteiger partial charge in [0.15, 0.2) is 0 Å². The average molecular weight is 313 g/mol. The number of carbonyl (C=O) groups is 1. The highest BCUT2D eigenvalue weighted by molar-refractivity contribution is 5.98. The van der Waals surface area contributed by atoms with Gasteiger partial charge in [-0.05, 0) is 31.4 Å². The lowest BCUT2D eigenvalue weighted by Gasteiger charge is -2.28. The highest BCUT2D eigenvalue weighted by Crippen LogP contribution is 2.21. The number of hydrogen-bond donors (Lipinski definition) is 0. The van der Waals surface area contributed by atoms with Crippen LogP contribution in [0.2, 0.25) is 0 Å². The Morgan fingerprint density at radius 2 is 2.00 bits per heavy atom. The summed E-state index contributed by atoms with van der Waals surface area (Å²) in [6, 6.07) is 3.70. The topological polar surface area (TPSA) is 54.3 Å². The van der Waals surface area contributed by atoms with E-state index in [0.717, 1.165) is 31.8 Å². The van der Waals surface area contributed by atoms with Gasteiger partial charge in [0.25, 0.3) is 5.91 Å². The van der Waals surface area contributed by atoms with E-state index in [4.69, 9.17) is 0 Å². The lowest BCUT2D eigenvalue weighted by Crippen LogP contribution is -2.36. The number of amides is 1. The molecule has 0 N–H and O–H groups in total. The number of nitrogens with zero attached hydrogens (tertiary/aromatic N) is 5. The third-order valence-electron chi connectivity index (χ3n) is 4.32. The van der Waals surface area contributed by atoms with E-state index in [-0.39, 0.29) is 5.91 Å². The Hall–Kier alpha value is -2.37. The first-order chi connectivity index (χ1) is 11.2. The van der Waals surface area contributed by atoms with Crippen molar-refractivity contribution in [1.82, 2.24) is 19.4 Å². The summed E-state index contributed by atoms with van der Waals surface area (Å²) in [4.78, 5) is 25.6. The lowest BCUT2D eigenvalue weighted by atomic mass is 10.1. The summed E-state index contributed by atoms with van der Waals surface area (Å²) < 4.78 is 1.98. The molecule has 2 aromatic heterocycles. The quantitative estimate of drug-likeness (QED) is 0.867. The van der Waals surface area contributed by atoms with Crippen molar-refractivity contribution in [2.45, 2.75) is 25.8 Å². The molecule has 3 heterocycles. The molecule has 1 saturated heterocycles. The number of rotatable bonds is 4. The molecule has 3 rings (SSSR count). The van der Waals surface area contributed by atoms with Crippen LogP contribution in [0.5, 0.6) is 0 Å². The van der Waals surface area contributed by atoms with Gasteiger partial charge in [-0.2, -0.15) is 0 Å². The number of pyridine rings is 1. The van der Waals surface area contributed by atoms with Gasteiger partial charge in [0, 0.05) is 45.8 Å².